The van der Waals surface area contributed by atoms with E-state index in [0.29, 0.717) is 34.8 Å². The lowest BCUT2D eigenvalue weighted by Crippen LogP contribution is -2.19. The quantitative estimate of drug-likeness (QED) is 0.259. The molecule has 0 aliphatic rings. The molecule has 0 fully saturated rings. The van der Waals surface area contributed by atoms with Crippen LogP contribution in [-0.2, 0) is 28.2 Å². The fourth-order valence-corrected chi connectivity index (χ4v) is 5.30. The number of hydrogen-bond donors (Lipinski definition) is 2. The third-order valence-electron chi connectivity index (χ3n) is 6.55. The first-order valence-electron chi connectivity index (χ1n) is 12.9. The second-order valence-corrected chi connectivity index (χ2v) is 11.8. The molecule has 11 heteroatoms. The maximum atomic E-state index is 12.7. The summed E-state index contributed by atoms with van der Waals surface area (Å²) in [6.07, 6.45) is 4.63. The third kappa shape index (κ3) is 5.99. The molecular weight excluding hydrogens is 542 g/mol. The summed E-state index contributed by atoms with van der Waals surface area (Å²) in [4.78, 5) is 28.2. The number of ether oxygens (including phenoxy) is 1. The summed E-state index contributed by atoms with van der Waals surface area (Å²) in [5.41, 5.74) is 3.76. The molecular formula is C30H29N5O5S. The van der Waals surface area contributed by atoms with Gasteiger partial charge in [-0.3, -0.25) is 14.0 Å². The van der Waals surface area contributed by atoms with Crippen molar-refractivity contribution in [2.45, 2.75) is 25.3 Å². The van der Waals surface area contributed by atoms with Crippen molar-refractivity contribution in [2.75, 3.05) is 16.4 Å². The van der Waals surface area contributed by atoms with Gasteiger partial charge in [0.25, 0.3) is 5.56 Å². The zero-order chi connectivity index (χ0) is 29.1. The highest BCUT2D eigenvalue weighted by Crippen LogP contribution is 2.36. The summed E-state index contributed by atoms with van der Waals surface area (Å²) < 4.78 is 34.9. The molecule has 2 N–H and O–H groups in total. The Balaban J connectivity index is 1.46. The van der Waals surface area contributed by atoms with Crippen LogP contribution in [0.4, 0.5) is 11.4 Å². The number of amides is 1. The van der Waals surface area contributed by atoms with Crippen LogP contribution in [0.2, 0.25) is 0 Å². The first-order valence-corrected chi connectivity index (χ1v) is 14.6. The van der Waals surface area contributed by atoms with E-state index in [9.17, 15) is 18.0 Å². The van der Waals surface area contributed by atoms with Crippen molar-refractivity contribution in [3.05, 3.63) is 101 Å². The molecule has 0 saturated carbocycles. The van der Waals surface area contributed by atoms with Crippen LogP contribution in [0.5, 0.6) is 11.5 Å². The van der Waals surface area contributed by atoms with E-state index >= 15 is 0 Å². The largest absolute Gasteiger partial charge is 0.457 e. The number of anilines is 2. The highest BCUT2D eigenvalue weighted by Gasteiger charge is 2.19. The number of nitrogens with zero attached hydrogens (tertiary/aromatic N) is 3. The van der Waals surface area contributed by atoms with Gasteiger partial charge in [0.15, 0.2) is 9.84 Å². The monoisotopic (exact) mass is 571 g/mol. The Bertz CT molecular complexity index is 1910. The highest BCUT2D eigenvalue weighted by atomic mass is 32.2. The van der Waals surface area contributed by atoms with Gasteiger partial charge in [0, 0.05) is 49.7 Å². The van der Waals surface area contributed by atoms with Crippen molar-refractivity contribution in [2.24, 2.45) is 7.05 Å². The van der Waals surface area contributed by atoms with Gasteiger partial charge in [-0.2, -0.15) is 0 Å². The topological polar surface area (TPSA) is 124 Å². The van der Waals surface area contributed by atoms with Gasteiger partial charge in [-0.25, -0.2) is 13.4 Å². The van der Waals surface area contributed by atoms with Crippen LogP contribution in [0.25, 0.3) is 16.8 Å². The summed E-state index contributed by atoms with van der Waals surface area (Å²) in [7, 11) is -1.87. The molecule has 10 nitrogen and oxygen atoms in total. The van der Waals surface area contributed by atoms with Crippen LogP contribution >= 0.6 is 0 Å². The van der Waals surface area contributed by atoms with Gasteiger partial charge >= 0.3 is 0 Å². The van der Waals surface area contributed by atoms with Crippen LogP contribution in [0, 0.1) is 0 Å². The average molecular weight is 572 g/mol. The molecule has 2 aromatic heterocycles. The molecule has 0 unspecified atom stereocenters. The summed E-state index contributed by atoms with van der Waals surface area (Å²) in [5, 5.41) is 6.12. The van der Waals surface area contributed by atoms with Gasteiger partial charge in [-0.05, 0) is 48.0 Å². The van der Waals surface area contributed by atoms with Crippen molar-refractivity contribution in [1.29, 1.82) is 0 Å². The molecule has 5 rings (SSSR count). The van der Waals surface area contributed by atoms with E-state index in [1.165, 1.54) is 30.1 Å². The van der Waals surface area contributed by atoms with Gasteiger partial charge in [0.05, 0.1) is 28.9 Å². The number of sulfone groups is 1. The number of imidazole rings is 1. The molecule has 2 heterocycles. The minimum atomic E-state index is -3.51. The molecule has 0 aliphatic heterocycles. The van der Waals surface area contributed by atoms with E-state index in [4.69, 9.17) is 4.74 Å². The summed E-state index contributed by atoms with van der Waals surface area (Å²) in [6.45, 7) is 3.61. The summed E-state index contributed by atoms with van der Waals surface area (Å²) in [5.74, 6) is 0.780. The van der Waals surface area contributed by atoms with E-state index in [2.05, 4.69) is 15.6 Å². The Morgan fingerprint density at radius 3 is 2.54 bits per heavy atom. The lowest BCUT2D eigenvalue weighted by molar-refractivity contribution is -0.114. The van der Waals surface area contributed by atoms with Crippen LogP contribution in [0.3, 0.4) is 0 Å². The third-order valence-corrected chi connectivity index (χ3v) is 8.28. The number of carbonyl (C=O) groups excluding carboxylic acids is 1. The minimum absolute atomic E-state index is 0.0515. The number of fused-ring (bicyclic) bond motifs is 1. The SMILES string of the molecule is CCS(=O)(=O)c1ccc(Oc2cccc(NCc3ccc(NC(C)=O)cc3)c2)c(-c2cn(C)c(=O)c3cncn23)c1. The standard InChI is InChI=1S/C30H29N5O5S/c1-4-41(38,39)25-12-13-29(26(15-25)28-18-34(3)30(37)27-17-31-19-35(27)28)40-24-7-5-6-23(14-24)32-16-21-8-10-22(11-9-21)33-20(2)36/h5-15,17-19,32H,4,16H2,1-3H3,(H,33,36). The second kappa shape index (κ2) is 11.3. The highest BCUT2D eigenvalue weighted by molar-refractivity contribution is 7.91. The number of carbonyl (C=O) groups is 1. The fraction of sp³-hybridized carbons (Fsp3) is 0.167. The number of rotatable bonds is 9. The van der Waals surface area contributed by atoms with E-state index < -0.39 is 9.84 Å². The molecule has 0 atom stereocenters. The minimum Gasteiger partial charge on any atom is -0.457 e. The van der Waals surface area contributed by atoms with E-state index in [0.717, 1.165) is 16.9 Å². The van der Waals surface area contributed by atoms with Crippen molar-refractivity contribution in [3.8, 4) is 22.8 Å². The van der Waals surface area contributed by atoms with Crippen molar-refractivity contribution in [3.63, 3.8) is 0 Å². The molecule has 41 heavy (non-hydrogen) atoms. The average Bonchev–Trinajstić information content (AvgIpc) is 3.45. The second-order valence-electron chi connectivity index (χ2n) is 9.50. The molecule has 0 radical (unpaired) electrons. The van der Waals surface area contributed by atoms with Gasteiger partial charge in [0.1, 0.15) is 17.0 Å². The van der Waals surface area contributed by atoms with Crippen LogP contribution in [-0.4, -0.2) is 34.0 Å². The fourth-order valence-electron chi connectivity index (χ4n) is 4.40. The number of aromatic nitrogens is 3. The number of hydrogen-bond acceptors (Lipinski definition) is 7. The van der Waals surface area contributed by atoms with Gasteiger partial charge in [-0.15, -0.1) is 0 Å². The van der Waals surface area contributed by atoms with Gasteiger partial charge < -0.3 is 19.9 Å². The van der Waals surface area contributed by atoms with Crippen molar-refractivity contribution < 1.29 is 17.9 Å². The first kappa shape index (κ1) is 27.7. The predicted octanol–water partition coefficient (Wildman–Crippen LogP) is 4.86. The molecule has 0 spiro atoms. The van der Waals surface area contributed by atoms with Crippen LogP contribution < -0.4 is 20.9 Å². The molecule has 0 aliphatic carbocycles. The maximum Gasteiger partial charge on any atom is 0.276 e. The number of nitrogens with one attached hydrogen (secondary N) is 2. The van der Waals surface area contributed by atoms with Crippen LogP contribution in [0.15, 0.2) is 95.1 Å². The normalized spacial score (nSPS) is 11.4. The van der Waals surface area contributed by atoms with Crippen LogP contribution in [0.1, 0.15) is 19.4 Å². The van der Waals surface area contributed by atoms with Gasteiger partial charge in [0.2, 0.25) is 5.91 Å². The number of aryl methyl sites for hydroxylation is 1. The molecule has 5 aromatic rings. The Hall–Kier alpha value is -4.90. The molecule has 210 valence electrons. The Kier molecular flexibility index (Phi) is 7.62. The zero-order valence-electron chi connectivity index (χ0n) is 22.8. The molecule has 1 amide bonds. The molecule has 3 aromatic carbocycles. The van der Waals surface area contributed by atoms with E-state index in [1.54, 1.807) is 42.8 Å². The number of benzene rings is 3. The van der Waals surface area contributed by atoms with Crippen molar-refractivity contribution >= 4 is 32.6 Å². The summed E-state index contributed by atoms with van der Waals surface area (Å²) in [6, 6.07) is 19.7. The molecule has 0 bridgehead atoms. The summed E-state index contributed by atoms with van der Waals surface area (Å²) >= 11 is 0. The Morgan fingerprint density at radius 1 is 1.02 bits per heavy atom. The smallest absolute Gasteiger partial charge is 0.276 e. The van der Waals surface area contributed by atoms with Gasteiger partial charge in [-0.1, -0.05) is 25.1 Å². The lowest BCUT2D eigenvalue weighted by atomic mass is 10.1. The zero-order valence-corrected chi connectivity index (χ0v) is 23.6. The molecule has 0 saturated heterocycles. The van der Waals surface area contributed by atoms with E-state index in [-0.39, 0.29) is 22.1 Å². The Labute approximate surface area is 237 Å². The lowest BCUT2D eigenvalue weighted by Gasteiger charge is -2.16. The van der Waals surface area contributed by atoms with E-state index in [1.807, 2.05) is 42.5 Å². The maximum absolute atomic E-state index is 12.7. The van der Waals surface area contributed by atoms with Crippen molar-refractivity contribution in [1.82, 2.24) is 14.0 Å². The Morgan fingerprint density at radius 2 is 1.80 bits per heavy atom. The first-order chi connectivity index (χ1) is 19.6. The predicted molar refractivity (Wildman–Crippen MR) is 158 cm³/mol.